The summed E-state index contributed by atoms with van der Waals surface area (Å²) >= 11 is 0. The quantitative estimate of drug-likeness (QED) is 0.135. The molecule has 0 radical (unpaired) electrons. The van der Waals surface area contributed by atoms with E-state index < -0.39 is 37.7 Å². The van der Waals surface area contributed by atoms with Gasteiger partial charge in [0.05, 0.1) is 42.1 Å². The maximum absolute atomic E-state index is 14.9. The molecule has 0 amide bonds. The molecule has 0 bridgehead atoms. The molecule has 0 aromatic heterocycles. The number of piperidine rings is 2. The average Bonchev–Trinajstić information content (AvgIpc) is 3.64. The number of nitrogens with zero attached hydrogens (tertiary/aromatic N) is 2. The van der Waals surface area contributed by atoms with Gasteiger partial charge in [0.1, 0.15) is 23.1 Å². The molecule has 1 aromatic carbocycles. The Balaban J connectivity index is 0.920. The number of rotatable bonds is 15. The zero-order chi connectivity index (χ0) is 52.6. The first-order valence-electron chi connectivity index (χ1n) is 28.4. The molecule has 2 heterocycles. The molecule has 10 nitrogen and oxygen atoms in total. The van der Waals surface area contributed by atoms with E-state index in [1.165, 1.54) is 29.2 Å². The number of quaternary nitrogens is 1. The summed E-state index contributed by atoms with van der Waals surface area (Å²) in [4.78, 5) is 30.4. The Kier molecular flexibility index (Phi) is 15.0. The van der Waals surface area contributed by atoms with Gasteiger partial charge in [-0.05, 0) is 163 Å². The van der Waals surface area contributed by atoms with Crippen molar-refractivity contribution < 1.29 is 40.0 Å². The highest BCUT2D eigenvalue weighted by molar-refractivity contribution is 7.91. The lowest BCUT2D eigenvalue weighted by atomic mass is 9.33. The van der Waals surface area contributed by atoms with Gasteiger partial charge in [0.2, 0.25) is 0 Å². The molecule has 8 atom stereocenters. The fourth-order valence-corrected chi connectivity index (χ4v) is 20.0. The molecule has 8 aliphatic rings. The predicted molar refractivity (Wildman–Crippen MR) is 290 cm³/mol. The van der Waals surface area contributed by atoms with Crippen LogP contribution >= 0.6 is 0 Å². The number of hydrogen-bond acceptors (Lipinski definition) is 9. The normalized spacial score (nSPS) is 38.2. The number of ether oxygens (including phenoxy) is 1. The van der Waals surface area contributed by atoms with Crippen LogP contribution in [0.3, 0.4) is 0 Å². The SMILES string of the molecule is CC(C)C1=C2[C@H]3CC[C@@H]4[C@@]5(C)CC=C(C6=CCC(CF)(C(=O)OCc7ccccc7)CC6)C(C)(C)[C@@H]5CC[C@@]4(C)[C@]3(C)CC[C@@]2(NCC[N+]2(CCN3CCC(S(C)(=O)=O)CC3)CCC(S(C)(=O)=O)CC2)CC1=O. The molecule has 1 N–H and O–H groups in total. The molecule has 1 aromatic rings. The molecule has 73 heavy (non-hydrogen) atoms. The van der Waals surface area contributed by atoms with E-state index in [2.05, 4.69) is 70.8 Å². The van der Waals surface area contributed by atoms with Gasteiger partial charge in [-0.1, -0.05) is 91.0 Å². The van der Waals surface area contributed by atoms with Gasteiger partial charge in [0.25, 0.3) is 0 Å². The van der Waals surface area contributed by atoms with Crippen LogP contribution in [0.2, 0.25) is 0 Å². The Hall–Kier alpha value is -2.71. The van der Waals surface area contributed by atoms with Crippen molar-refractivity contribution in [1.29, 1.82) is 0 Å². The molecule has 3 saturated carbocycles. The summed E-state index contributed by atoms with van der Waals surface area (Å²) < 4.78 is 71.7. The minimum absolute atomic E-state index is 0.0197. The number of nitrogens with one attached hydrogen (secondary N) is 1. The minimum atomic E-state index is -3.14. The van der Waals surface area contributed by atoms with Gasteiger partial charge < -0.3 is 14.5 Å². The molecule has 6 aliphatic carbocycles. The first-order valence-corrected chi connectivity index (χ1v) is 32.3. The van der Waals surface area contributed by atoms with Crippen LogP contribution < -0.4 is 5.32 Å². The lowest BCUT2D eigenvalue weighted by Gasteiger charge is -2.71. The van der Waals surface area contributed by atoms with Gasteiger partial charge in [-0.25, -0.2) is 21.2 Å². The van der Waals surface area contributed by atoms with Crippen LogP contribution in [0.25, 0.3) is 0 Å². The van der Waals surface area contributed by atoms with E-state index in [-0.39, 0.29) is 50.2 Å². The Labute approximate surface area is 439 Å². The zero-order valence-corrected chi connectivity index (χ0v) is 47.8. The van der Waals surface area contributed by atoms with Crippen LogP contribution in [0.1, 0.15) is 150 Å². The third-order valence-electron chi connectivity index (χ3n) is 22.4. The molecule has 2 saturated heterocycles. The van der Waals surface area contributed by atoms with Crippen molar-refractivity contribution >= 4 is 31.4 Å². The second-order valence-electron chi connectivity index (χ2n) is 26.8. The van der Waals surface area contributed by atoms with Gasteiger partial charge >= 0.3 is 5.97 Å². The number of allylic oxidation sites excluding steroid dienone is 5. The first-order chi connectivity index (χ1) is 34.3. The van der Waals surface area contributed by atoms with Crippen LogP contribution in [-0.2, 0) is 40.6 Å². The van der Waals surface area contributed by atoms with Crippen LogP contribution in [0.5, 0.6) is 0 Å². The maximum Gasteiger partial charge on any atom is 0.315 e. The highest BCUT2D eigenvalue weighted by Crippen LogP contribution is 2.76. The summed E-state index contributed by atoms with van der Waals surface area (Å²) in [5.41, 5.74) is 4.67. The number of benzene rings is 1. The highest BCUT2D eigenvalue weighted by Gasteiger charge is 2.69. The van der Waals surface area contributed by atoms with Crippen molar-refractivity contribution in [2.45, 2.75) is 167 Å². The summed E-state index contributed by atoms with van der Waals surface area (Å²) in [6.07, 6.45) is 19.6. The third kappa shape index (κ3) is 9.76. The average molecular weight is 1050 g/mol. The zero-order valence-electron chi connectivity index (χ0n) is 46.1. The summed E-state index contributed by atoms with van der Waals surface area (Å²) in [6, 6.07) is 9.61. The van der Waals surface area contributed by atoms with Crippen molar-refractivity contribution in [1.82, 2.24) is 10.2 Å². The summed E-state index contributed by atoms with van der Waals surface area (Å²) in [5, 5.41) is 3.62. The number of likely N-dealkylation sites (tertiary alicyclic amines) is 2. The van der Waals surface area contributed by atoms with Crippen molar-refractivity contribution in [2.24, 2.45) is 50.7 Å². The molecule has 5 fully saturated rings. The fraction of sp³-hybridized carbons (Fsp3) is 0.767. The number of sulfone groups is 2. The largest absolute Gasteiger partial charge is 0.460 e. The number of fused-ring (bicyclic) bond motifs is 7. The van der Waals surface area contributed by atoms with Crippen LogP contribution in [-0.4, -0.2) is 126 Å². The molecule has 13 heteroatoms. The first kappa shape index (κ1) is 55.1. The molecule has 2 aliphatic heterocycles. The van der Waals surface area contributed by atoms with Crippen LogP contribution in [0.4, 0.5) is 4.39 Å². The predicted octanol–water partition coefficient (Wildman–Crippen LogP) is 10.2. The molecule has 0 spiro atoms. The van der Waals surface area contributed by atoms with E-state index in [0.717, 1.165) is 113 Å². The van der Waals surface area contributed by atoms with E-state index in [9.17, 15) is 30.8 Å². The lowest BCUT2D eigenvalue weighted by molar-refractivity contribution is -0.930. The number of Topliss-reactive ketones (excluding diaryl/α,β-unsaturated/α-hetero) is 1. The van der Waals surface area contributed by atoms with E-state index in [1.54, 1.807) is 0 Å². The second kappa shape index (κ2) is 19.9. The summed E-state index contributed by atoms with van der Waals surface area (Å²) in [7, 11) is -6.19. The van der Waals surface area contributed by atoms with Crippen LogP contribution in [0.15, 0.2) is 64.8 Å². The summed E-state index contributed by atoms with van der Waals surface area (Å²) in [6.45, 7) is 23.2. The summed E-state index contributed by atoms with van der Waals surface area (Å²) in [5.74, 6) is 1.33. The Morgan fingerprint density at radius 2 is 1.48 bits per heavy atom. The number of carbonyl (C=O) groups is 2. The monoisotopic (exact) mass is 1050 g/mol. The topological polar surface area (TPSA) is 127 Å². The van der Waals surface area contributed by atoms with Crippen molar-refractivity contribution in [2.75, 3.05) is 71.5 Å². The smallest absolute Gasteiger partial charge is 0.315 e. The third-order valence-corrected chi connectivity index (χ3v) is 25.8. The van der Waals surface area contributed by atoms with E-state index in [0.29, 0.717) is 74.9 Å². The standard InChI is InChI=1S/C60H91FN3O7S2/c1-42(2)52-49(65)39-60(62-31-37-64(35-23-46(24-36-64)73(9,69)70)38-34-63-32-21-45(22-33-63)72(8,67)68)30-29-57(6)48(53(52)60)15-16-51-56(5)25-19-47(55(3,4)50(56)20-26-58(51,57)7)44-17-27-59(41-61,28-18-44)54(66)71-40-43-13-11-10-12-14-43/h10-14,17,19,42,45-46,48,50-51,62H,15-16,18,20-41H2,1-9H3/q+1/t46?,48-,50+,51-,56+,57-,58-,59?,60-,64?/m1/s1. The maximum atomic E-state index is 14.9. The van der Waals surface area contributed by atoms with E-state index in [4.69, 9.17) is 4.74 Å². The molecule has 406 valence electrons. The Morgan fingerprint density at radius 1 is 0.808 bits per heavy atom. The Bertz CT molecular complexity index is 2600. The second-order valence-corrected chi connectivity index (χ2v) is 31.4. The lowest BCUT2D eigenvalue weighted by Crippen LogP contribution is -2.66. The highest BCUT2D eigenvalue weighted by atomic mass is 32.2. The van der Waals surface area contributed by atoms with Crippen molar-refractivity contribution in [3.63, 3.8) is 0 Å². The number of carbonyl (C=O) groups excluding carboxylic acids is 2. The van der Waals surface area contributed by atoms with E-state index >= 15 is 0 Å². The molecule has 1 unspecified atom stereocenters. The number of esters is 1. The van der Waals surface area contributed by atoms with Gasteiger partial charge in [0, 0.05) is 50.4 Å². The van der Waals surface area contributed by atoms with Gasteiger partial charge in [-0.15, -0.1) is 0 Å². The van der Waals surface area contributed by atoms with Gasteiger partial charge in [-0.3, -0.25) is 14.5 Å². The number of ketones is 1. The van der Waals surface area contributed by atoms with E-state index in [1.807, 2.05) is 30.3 Å². The fourth-order valence-electron chi connectivity index (χ4n) is 17.9. The molecular formula is C60H91FN3O7S2+. The Morgan fingerprint density at radius 3 is 2.10 bits per heavy atom. The molecule has 9 rings (SSSR count). The van der Waals surface area contributed by atoms with Crippen molar-refractivity contribution in [3.8, 4) is 0 Å². The van der Waals surface area contributed by atoms with Crippen molar-refractivity contribution in [3.05, 3.63) is 70.3 Å². The number of hydrogen-bond donors (Lipinski definition) is 1. The number of halogens is 1. The molecular weight excluding hydrogens is 958 g/mol. The number of alkyl halides is 1. The van der Waals surface area contributed by atoms with Gasteiger partial charge in [-0.2, -0.15) is 0 Å². The van der Waals surface area contributed by atoms with Gasteiger partial charge in [0.15, 0.2) is 15.6 Å². The van der Waals surface area contributed by atoms with Crippen LogP contribution in [0, 0.1) is 50.7 Å². The minimum Gasteiger partial charge on any atom is -0.460 e.